The van der Waals surface area contributed by atoms with E-state index >= 15 is 0 Å². The van der Waals surface area contributed by atoms with Crippen LogP contribution in [0.2, 0.25) is 0 Å². The molecular weight excluding hydrogens is 352 g/mol. The first-order valence-electron chi connectivity index (χ1n) is 8.42. The molecule has 2 aromatic rings. The molecule has 3 rings (SSSR count). The van der Waals surface area contributed by atoms with Gasteiger partial charge in [0.1, 0.15) is 5.75 Å². The smallest absolute Gasteiger partial charge is 0.238 e. The van der Waals surface area contributed by atoms with Gasteiger partial charge in [0, 0.05) is 12.5 Å². The molecule has 1 aliphatic carbocycles. The van der Waals surface area contributed by atoms with Gasteiger partial charge in [0.25, 0.3) is 0 Å². The van der Waals surface area contributed by atoms with Crippen LogP contribution in [-0.4, -0.2) is 28.0 Å². The second-order valence-electron chi connectivity index (χ2n) is 6.45. The van der Waals surface area contributed by atoms with Gasteiger partial charge in [-0.3, -0.25) is 4.79 Å². The van der Waals surface area contributed by atoms with E-state index < -0.39 is 10.0 Å². The van der Waals surface area contributed by atoms with Crippen LogP contribution in [0.1, 0.15) is 23.5 Å². The average Bonchev–Trinajstić information content (AvgIpc) is 3.42. The molecular formula is C19H22N2O4S. The molecule has 0 bridgehead atoms. The van der Waals surface area contributed by atoms with E-state index in [1.54, 1.807) is 19.2 Å². The fraction of sp³-hybridized carbons (Fsp3) is 0.316. The minimum absolute atomic E-state index is 0.0214. The maximum Gasteiger partial charge on any atom is 0.238 e. The molecule has 6 nitrogen and oxygen atoms in total. The second kappa shape index (κ2) is 7.47. The standard InChI is InChI=1S/C19H22N2O4S/c1-25-15-6-4-14(5-7-15)17-12-18(17)19(22)21-11-10-13-2-8-16(9-3-13)26(20,23)24/h2-9,17-18H,10-12H2,1H3,(H,21,22)(H2,20,23,24). The highest BCUT2D eigenvalue weighted by Gasteiger charge is 2.43. The molecule has 0 radical (unpaired) electrons. The van der Waals surface area contributed by atoms with Crippen LogP contribution >= 0.6 is 0 Å². The quantitative estimate of drug-likeness (QED) is 0.772. The van der Waals surface area contributed by atoms with Crippen molar-refractivity contribution >= 4 is 15.9 Å². The van der Waals surface area contributed by atoms with Crippen LogP contribution < -0.4 is 15.2 Å². The number of amides is 1. The van der Waals surface area contributed by atoms with Gasteiger partial charge in [-0.2, -0.15) is 0 Å². The lowest BCUT2D eigenvalue weighted by molar-refractivity contribution is -0.122. The first-order chi connectivity index (χ1) is 12.4. The van der Waals surface area contributed by atoms with Crippen molar-refractivity contribution in [1.82, 2.24) is 5.32 Å². The van der Waals surface area contributed by atoms with Crippen molar-refractivity contribution in [2.24, 2.45) is 11.1 Å². The number of primary sulfonamides is 1. The molecule has 0 aliphatic heterocycles. The summed E-state index contributed by atoms with van der Waals surface area (Å²) in [5.74, 6) is 1.17. The number of carbonyl (C=O) groups excluding carboxylic acids is 1. The van der Waals surface area contributed by atoms with E-state index in [4.69, 9.17) is 9.88 Å². The van der Waals surface area contributed by atoms with Crippen molar-refractivity contribution in [3.63, 3.8) is 0 Å². The maximum atomic E-state index is 12.3. The minimum Gasteiger partial charge on any atom is -0.497 e. The van der Waals surface area contributed by atoms with Crippen molar-refractivity contribution in [2.45, 2.75) is 23.7 Å². The summed E-state index contributed by atoms with van der Waals surface area (Å²) < 4.78 is 27.6. The molecule has 0 saturated heterocycles. The molecule has 2 unspecified atom stereocenters. The van der Waals surface area contributed by atoms with Crippen molar-refractivity contribution in [2.75, 3.05) is 13.7 Å². The summed E-state index contributed by atoms with van der Waals surface area (Å²) >= 11 is 0. The normalized spacial score (nSPS) is 19.0. The van der Waals surface area contributed by atoms with Gasteiger partial charge >= 0.3 is 0 Å². The second-order valence-corrected chi connectivity index (χ2v) is 8.01. The number of hydrogen-bond acceptors (Lipinski definition) is 4. The average molecular weight is 374 g/mol. The Balaban J connectivity index is 1.46. The Labute approximate surface area is 153 Å². The van der Waals surface area contributed by atoms with Gasteiger partial charge in [-0.25, -0.2) is 13.6 Å². The molecule has 2 atom stereocenters. The first kappa shape index (κ1) is 18.4. The number of nitrogens with one attached hydrogen (secondary N) is 1. The minimum atomic E-state index is -3.67. The number of nitrogens with two attached hydrogens (primary N) is 1. The highest BCUT2D eigenvalue weighted by atomic mass is 32.2. The summed E-state index contributed by atoms with van der Waals surface area (Å²) in [6.07, 6.45) is 1.50. The number of ether oxygens (including phenoxy) is 1. The third-order valence-corrected chi connectivity index (χ3v) is 5.57. The molecule has 7 heteroatoms. The summed E-state index contributed by atoms with van der Waals surface area (Å²) in [6, 6.07) is 14.2. The zero-order chi connectivity index (χ0) is 18.7. The highest BCUT2D eigenvalue weighted by molar-refractivity contribution is 7.89. The van der Waals surface area contributed by atoms with Gasteiger partial charge in [-0.05, 0) is 54.2 Å². The molecule has 1 amide bonds. The summed E-state index contributed by atoms with van der Waals surface area (Å²) in [5.41, 5.74) is 2.10. The number of benzene rings is 2. The molecule has 0 heterocycles. The van der Waals surface area contributed by atoms with Crippen molar-refractivity contribution in [3.8, 4) is 5.75 Å². The number of methoxy groups -OCH3 is 1. The predicted molar refractivity (Wildman–Crippen MR) is 98.4 cm³/mol. The number of carbonyl (C=O) groups is 1. The number of rotatable bonds is 7. The first-order valence-corrected chi connectivity index (χ1v) is 9.96. The van der Waals surface area contributed by atoms with Gasteiger partial charge in [0.15, 0.2) is 0 Å². The molecule has 138 valence electrons. The lowest BCUT2D eigenvalue weighted by atomic mass is 10.1. The molecule has 1 fully saturated rings. The molecule has 3 N–H and O–H groups in total. The van der Waals surface area contributed by atoms with E-state index in [9.17, 15) is 13.2 Å². The summed E-state index contributed by atoms with van der Waals surface area (Å²) in [6.45, 7) is 0.513. The third-order valence-electron chi connectivity index (χ3n) is 4.64. The zero-order valence-electron chi connectivity index (χ0n) is 14.5. The van der Waals surface area contributed by atoms with Crippen LogP contribution in [0.4, 0.5) is 0 Å². The van der Waals surface area contributed by atoms with E-state index in [-0.39, 0.29) is 22.6 Å². The topological polar surface area (TPSA) is 98.5 Å². The fourth-order valence-electron chi connectivity index (χ4n) is 3.01. The molecule has 2 aromatic carbocycles. The van der Waals surface area contributed by atoms with Gasteiger partial charge in [0.05, 0.1) is 12.0 Å². The van der Waals surface area contributed by atoms with Gasteiger partial charge < -0.3 is 10.1 Å². The summed E-state index contributed by atoms with van der Waals surface area (Å²) in [5, 5.41) is 8.03. The van der Waals surface area contributed by atoms with Crippen LogP contribution in [0.5, 0.6) is 5.75 Å². The molecule has 26 heavy (non-hydrogen) atoms. The van der Waals surface area contributed by atoms with Crippen LogP contribution in [0.25, 0.3) is 0 Å². The van der Waals surface area contributed by atoms with E-state index in [0.717, 1.165) is 23.3 Å². The zero-order valence-corrected chi connectivity index (χ0v) is 15.3. The van der Waals surface area contributed by atoms with Crippen LogP contribution in [0.15, 0.2) is 53.4 Å². The Morgan fingerprint density at radius 2 is 1.81 bits per heavy atom. The molecule has 1 aliphatic rings. The Bertz CT molecular complexity index is 877. The van der Waals surface area contributed by atoms with Gasteiger partial charge in [0.2, 0.25) is 15.9 Å². The number of hydrogen-bond donors (Lipinski definition) is 2. The molecule has 0 spiro atoms. The fourth-order valence-corrected chi connectivity index (χ4v) is 3.53. The third kappa shape index (κ3) is 4.42. The van der Waals surface area contributed by atoms with Crippen LogP contribution in [0, 0.1) is 5.92 Å². The Morgan fingerprint density at radius 3 is 2.38 bits per heavy atom. The Morgan fingerprint density at radius 1 is 1.15 bits per heavy atom. The summed E-state index contributed by atoms with van der Waals surface area (Å²) in [4.78, 5) is 12.3. The van der Waals surface area contributed by atoms with Crippen LogP contribution in [-0.2, 0) is 21.2 Å². The van der Waals surface area contributed by atoms with E-state index in [1.807, 2.05) is 24.3 Å². The van der Waals surface area contributed by atoms with Gasteiger partial charge in [-0.15, -0.1) is 0 Å². The van der Waals surface area contributed by atoms with Crippen LogP contribution in [0.3, 0.4) is 0 Å². The monoisotopic (exact) mass is 374 g/mol. The largest absolute Gasteiger partial charge is 0.497 e. The Hall–Kier alpha value is -2.38. The Kier molecular flexibility index (Phi) is 5.29. The van der Waals surface area contributed by atoms with Crippen molar-refractivity contribution < 1.29 is 17.9 Å². The SMILES string of the molecule is COc1ccc(C2CC2C(=O)NCCc2ccc(S(N)(=O)=O)cc2)cc1. The van der Waals surface area contributed by atoms with E-state index in [1.165, 1.54) is 12.1 Å². The summed E-state index contributed by atoms with van der Waals surface area (Å²) in [7, 11) is -2.04. The van der Waals surface area contributed by atoms with Crippen molar-refractivity contribution in [1.29, 1.82) is 0 Å². The van der Waals surface area contributed by atoms with E-state index in [2.05, 4.69) is 5.32 Å². The highest BCUT2D eigenvalue weighted by Crippen LogP contribution is 2.47. The number of sulfonamides is 1. The lowest BCUT2D eigenvalue weighted by Crippen LogP contribution is -2.27. The van der Waals surface area contributed by atoms with Crippen molar-refractivity contribution in [3.05, 3.63) is 59.7 Å². The maximum absolute atomic E-state index is 12.3. The molecule has 1 saturated carbocycles. The predicted octanol–water partition coefficient (Wildman–Crippen LogP) is 1.80. The van der Waals surface area contributed by atoms with E-state index in [0.29, 0.717) is 13.0 Å². The van der Waals surface area contributed by atoms with Gasteiger partial charge in [-0.1, -0.05) is 24.3 Å². The lowest BCUT2D eigenvalue weighted by Gasteiger charge is -2.06. The molecule has 0 aromatic heterocycles.